The Kier molecular flexibility index (Phi) is 3.69. The smallest absolute Gasteiger partial charge is 0.224 e. The maximum atomic E-state index is 6.09. The number of aromatic nitrogens is 2. The van der Waals surface area contributed by atoms with Crippen molar-refractivity contribution >= 4 is 23.4 Å². The van der Waals surface area contributed by atoms with Crippen molar-refractivity contribution in [1.29, 1.82) is 0 Å². The zero-order chi connectivity index (χ0) is 12.3. The highest BCUT2D eigenvalue weighted by atomic mass is 35.5. The molecule has 94 valence electrons. The van der Waals surface area contributed by atoms with Crippen LogP contribution in [0.5, 0.6) is 0 Å². The van der Waals surface area contributed by atoms with Crippen LogP contribution in [-0.2, 0) is 4.74 Å². The van der Waals surface area contributed by atoms with Crippen molar-refractivity contribution in [2.75, 3.05) is 30.9 Å². The van der Waals surface area contributed by atoms with E-state index in [9.17, 15) is 0 Å². The van der Waals surface area contributed by atoms with Crippen LogP contribution in [0.25, 0.3) is 0 Å². The lowest BCUT2D eigenvalue weighted by Gasteiger charge is -2.35. The van der Waals surface area contributed by atoms with E-state index in [1.54, 1.807) is 13.2 Å². The van der Waals surface area contributed by atoms with Gasteiger partial charge in [0.05, 0.1) is 6.20 Å². The molecular formula is C11H17ClN4O. The number of ether oxygens (including phenoxy) is 1. The van der Waals surface area contributed by atoms with Gasteiger partial charge in [0.2, 0.25) is 5.95 Å². The van der Waals surface area contributed by atoms with Crippen LogP contribution in [0, 0.1) is 0 Å². The minimum atomic E-state index is -0.0126. The van der Waals surface area contributed by atoms with Crippen molar-refractivity contribution < 1.29 is 4.74 Å². The first-order valence-corrected chi connectivity index (χ1v) is 6.07. The van der Waals surface area contributed by atoms with Gasteiger partial charge in [-0.2, -0.15) is 4.98 Å². The number of halogens is 1. The van der Waals surface area contributed by atoms with Crippen molar-refractivity contribution in [3.63, 3.8) is 0 Å². The average Bonchev–Trinajstić information content (AvgIpc) is 2.33. The Bertz CT molecular complexity index is 393. The summed E-state index contributed by atoms with van der Waals surface area (Å²) < 4.78 is 5.36. The highest BCUT2D eigenvalue weighted by Gasteiger charge is 2.28. The fraction of sp³-hybridized carbons (Fsp3) is 0.636. The molecule has 1 aromatic rings. The van der Waals surface area contributed by atoms with Gasteiger partial charge in [-0.25, -0.2) is 4.98 Å². The number of hydrogen-bond donors (Lipinski definition) is 2. The SMILES string of the molecule is CNc1ncc(Cl)c(NC2(C)CCOCC2)n1. The van der Waals surface area contributed by atoms with Gasteiger partial charge in [-0.3, -0.25) is 0 Å². The van der Waals surface area contributed by atoms with E-state index in [4.69, 9.17) is 16.3 Å². The van der Waals surface area contributed by atoms with Crippen LogP contribution in [0.1, 0.15) is 19.8 Å². The van der Waals surface area contributed by atoms with E-state index in [0.29, 0.717) is 16.8 Å². The second kappa shape index (κ2) is 5.06. The third kappa shape index (κ3) is 2.98. The molecule has 17 heavy (non-hydrogen) atoms. The Morgan fingerprint density at radius 1 is 1.41 bits per heavy atom. The predicted octanol–water partition coefficient (Wildman–Crippen LogP) is 2.15. The fourth-order valence-electron chi connectivity index (χ4n) is 1.81. The lowest BCUT2D eigenvalue weighted by atomic mass is 9.92. The van der Waals surface area contributed by atoms with Crippen molar-refractivity contribution in [3.8, 4) is 0 Å². The number of nitrogens with zero attached hydrogens (tertiary/aromatic N) is 2. The van der Waals surface area contributed by atoms with Crippen LogP contribution in [0.2, 0.25) is 5.02 Å². The summed E-state index contributed by atoms with van der Waals surface area (Å²) in [4.78, 5) is 8.38. The van der Waals surface area contributed by atoms with Crippen LogP contribution in [-0.4, -0.2) is 35.8 Å². The van der Waals surface area contributed by atoms with Crippen LogP contribution in [0.4, 0.5) is 11.8 Å². The Morgan fingerprint density at radius 2 is 2.12 bits per heavy atom. The van der Waals surface area contributed by atoms with Gasteiger partial charge < -0.3 is 15.4 Å². The zero-order valence-corrected chi connectivity index (χ0v) is 10.8. The summed E-state index contributed by atoms with van der Waals surface area (Å²) in [5, 5.41) is 6.83. The number of nitrogens with one attached hydrogen (secondary N) is 2. The molecule has 0 aromatic carbocycles. The molecule has 1 fully saturated rings. The second-order valence-corrected chi connectivity index (χ2v) is 4.85. The van der Waals surface area contributed by atoms with Gasteiger partial charge >= 0.3 is 0 Å². The summed E-state index contributed by atoms with van der Waals surface area (Å²) in [5.74, 6) is 1.24. The minimum Gasteiger partial charge on any atom is -0.381 e. The van der Waals surface area contributed by atoms with E-state index in [1.807, 2.05) is 0 Å². The van der Waals surface area contributed by atoms with Crippen molar-refractivity contribution in [3.05, 3.63) is 11.2 Å². The first-order valence-electron chi connectivity index (χ1n) is 5.69. The summed E-state index contributed by atoms with van der Waals surface area (Å²) in [6.45, 7) is 3.70. The average molecular weight is 257 g/mol. The first-order chi connectivity index (χ1) is 8.13. The second-order valence-electron chi connectivity index (χ2n) is 4.44. The Hall–Kier alpha value is -1.07. The Balaban J connectivity index is 2.16. The van der Waals surface area contributed by atoms with Gasteiger partial charge in [0.25, 0.3) is 0 Å². The molecule has 0 unspecified atom stereocenters. The maximum Gasteiger partial charge on any atom is 0.224 e. The molecule has 6 heteroatoms. The molecular weight excluding hydrogens is 240 g/mol. The predicted molar refractivity (Wildman–Crippen MR) is 68.7 cm³/mol. The van der Waals surface area contributed by atoms with E-state index >= 15 is 0 Å². The van der Waals surface area contributed by atoms with E-state index in [2.05, 4.69) is 27.5 Å². The van der Waals surface area contributed by atoms with Crippen LogP contribution >= 0.6 is 11.6 Å². The standard InChI is InChI=1S/C11H17ClN4O/c1-11(3-5-17-6-4-11)16-9-8(12)7-14-10(13-2)15-9/h7H,3-6H2,1-2H3,(H2,13,14,15,16). The highest BCUT2D eigenvalue weighted by Crippen LogP contribution is 2.28. The Labute approximate surface area is 106 Å². The maximum absolute atomic E-state index is 6.09. The van der Waals surface area contributed by atoms with Crippen molar-refractivity contribution in [1.82, 2.24) is 9.97 Å². The van der Waals surface area contributed by atoms with Gasteiger partial charge in [-0.1, -0.05) is 11.6 Å². The molecule has 5 nitrogen and oxygen atoms in total. The van der Waals surface area contributed by atoms with Crippen LogP contribution < -0.4 is 10.6 Å². The highest BCUT2D eigenvalue weighted by molar-refractivity contribution is 6.32. The quantitative estimate of drug-likeness (QED) is 0.868. The van der Waals surface area contributed by atoms with E-state index < -0.39 is 0 Å². The summed E-state index contributed by atoms with van der Waals surface area (Å²) in [6, 6.07) is 0. The normalized spacial score (nSPS) is 18.8. The molecule has 0 saturated carbocycles. The van der Waals surface area contributed by atoms with Crippen molar-refractivity contribution in [2.45, 2.75) is 25.3 Å². The lowest BCUT2D eigenvalue weighted by Crippen LogP contribution is -2.41. The summed E-state index contributed by atoms with van der Waals surface area (Å²) in [6.07, 6.45) is 3.50. The van der Waals surface area contributed by atoms with Crippen LogP contribution in [0.15, 0.2) is 6.20 Å². The third-order valence-electron chi connectivity index (χ3n) is 2.98. The molecule has 0 atom stereocenters. The molecule has 0 bridgehead atoms. The fourth-order valence-corrected chi connectivity index (χ4v) is 1.95. The monoisotopic (exact) mass is 256 g/mol. The molecule has 1 aliphatic rings. The molecule has 2 rings (SSSR count). The van der Waals surface area contributed by atoms with Gasteiger partial charge in [-0.05, 0) is 19.8 Å². The molecule has 0 aliphatic carbocycles. The van der Waals surface area contributed by atoms with Gasteiger partial charge in [-0.15, -0.1) is 0 Å². The van der Waals surface area contributed by atoms with Gasteiger partial charge in [0.15, 0.2) is 5.82 Å². The minimum absolute atomic E-state index is 0.0126. The van der Waals surface area contributed by atoms with E-state index in [0.717, 1.165) is 26.1 Å². The summed E-state index contributed by atoms with van der Waals surface area (Å²) in [7, 11) is 1.78. The molecule has 0 amide bonds. The molecule has 2 heterocycles. The van der Waals surface area contributed by atoms with Crippen LogP contribution in [0.3, 0.4) is 0 Å². The molecule has 2 N–H and O–H groups in total. The molecule has 1 aromatic heterocycles. The van der Waals surface area contributed by atoms with Gasteiger partial charge in [0.1, 0.15) is 5.02 Å². The number of hydrogen-bond acceptors (Lipinski definition) is 5. The zero-order valence-electron chi connectivity index (χ0n) is 10.1. The lowest BCUT2D eigenvalue weighted by molar-refractivity contribution is 0.0657. The van der Waals surface area contributed by atoms with E-state index in [-0.39, 0.29) is 5.54 Å². The number of anilines is 2. The molecule has 1 aliphatic heterocycles. The topological polar surface area (TPSA) is 59.1 Å². The van der Waals surface area contributed by atoms with E-state index in [1.165, 1.54) is 0 Å². The third-order valence-corrected chi connectivity index (χ3v) is 3.26. The molecule has 0 spiro atoms. The summed E-state index contributed by atoms with van der Waals surface area (Å²) in [5.41, 5.74) is -0.0126. The van der Waals surface area contributed by atoms with Gasteiger partial charge in [0, 0.05) is 25.8 Å². The van der Waals surface area contributed by atoms with Crippen molar-refractivity contribution in [2.24, 2.45) is 0 Å². The molecule has 1 saturated heterocycles. The first kappa shape index (κ1) is 12.4. The largest absolute Gasteiger partial charge is 0.381 e. The number of rotatable bonds is 3. The summed E-state index contributed by atoms with van der Waals surface area (Å²) >= 11 is 6.09. The molecule has 0 radical (unpaired) electrons. The Morgan fingerprint density at radius 3 is 2.76 bits per heavy atom.